The monoisotopic (exact) mass is 386 g/mol. The molecule has 0 aromatic heterocycles. The highest BCUT2D eigenvalue weighted by Gasteiger charge is 2.54. The second-order valence-electron chi connectivity index (χ2n) is 10.1. The SMILES string of the molecule is CCCC(C1(CC(C)C)C=C(C)C=CC1O)C1(CC(C)C)C=C(C)C=CC1O. The lowest BCUT2D eigenvalue weighted by atomic mass is 9.50. The Morgan fingerprint density at radius 1 is 0.821 bits per heavy atom. The molecule has 2 aliphatic rings. The van der Waals surface area contributed by atoms with Gasteiger partial charge in [0.1, 0.15) is 0 Å². The van der Waals surface area contributed by atoms with Crippen molar-refractivity contribution in [3.8, 4) is 0 Å². The van der Waals surface area contributed by atoms with Crippen molar-refractivity contribution in [2.45, 2.75) is 86.4 Å². The Morgan fingerprint density at radius 3 is 1.54 bits per heavy atom. The van der Waals surface area contributed by atoms with Crippen LogP contribution in [-0.2, 0) is 0 Å². The van der Waals surface area contributed by atoms with E-state index in [1.165, 1.54) is 11.1 Å². The summed E-state index contributed by atoms with van der Waals surface area (Å²) in [5.41, 5.74) is 1.71. The minimum absolute atomic E-state index is 0.166. The van der Waals surface area contributed by atoms with Gasteiger partial charge in [0.05, 0.1) is 12.2 Å². The third-order valence-corrected chi connectivity index (χ3v) is 6.58. The van der Waals surface area contributed by atoms with Crippen LogP contribution in [0, 0.1) is 28.6 Å². The summed E-state index contributed by atoms with van der Waals surface area (Å²) in [5.74, 6) is 1.09. The molecule has 0 radical (unpaired) electrons. The van der Waals surface area contributed by atoms with Crippen molar-refractivity contribution in [2.24, 2.45) is 28.6 Å². The topological polar surface area (TPSA) is 40.5 Å². The highest BCUT2D eigenvalue weighted by atomic mass is 16.3. The molecule has 2 nitrogen and oxygen atoms in total. The minimum Gasteiger partial charge on any atom is -0.388 e. The van der Waals surface area contributed by atoms with Gasteiger partial charge in [-0.2, -0.15) is 0 Å². The van der Waals surface area contributed by atoms with E-state index in [4.69, 9.17) is 0 Å². The van der Waals surface area contributed by atoms with Gasteiger partial charge >= 0.3 is 0 Å². The predicted octanol–water partition coefficient (Wildman–Crippen LogP) is 6.22. The standard InChI is InChI=1S/C26H42O2/c1-8-9-22(25(14-18(2)3)16-20(6)10-12-23(25)27)26(15-19(4)5)17-21(7)11-13-24(26)28/h10-13,16-19,22-24,27-28H,8-9,14-15H2,1-7H3. The van der Waals surface area contributed by atoms with E-state index in [2.05, 4.69) is 60.6 Å². The molecule has 0 aliphatic heterocycles. The molecular weight excluding hydrogens is 344 g/mol. The molecule has 0 aromatic rings. The van der Waals surface area contributed by atoms with E-state index in [0.29, 0.717) is 11.8 Å². The van der Waals surface area contributed by atoms with Crippen LogP contribution in [0.2, 0.25) is 0 Å². The summed E-state index contributed by atoms with van der Waals surface area (Å²) in [4.78, 5) is 0. The lowest BCUT2D eigenvalue weighted by Crippen LogP contribution is -2.53. The third-order valence-electron chi connectivity index (χ3n) is 6.58. The van der Waals surface area contributed by atoms with Gasteiger partial charge in [0, 0.05) is 10.8 Å². The van der Waals surface area contributed by atoms with Crippen molar-refractivity contribution in [3.05, 3.63) is 47.6 Å². The van der Waals surface area contributed by atoms with Gasteiger partial charge in [-0.3, -0.25) is 0 Å². The number of allylic oxidation sites excluding steroid dienone is 4. The average Bonchev–Trinajstić information content (AvgIpc) is 2.58. The summed E-state index contributed by atoms with van der Waals surface area (Å²) < 4.78 is 0. The highest BCUT2D eigenvalue weighted by molar-refractivity contribution is 5.35. The van der Waals surface area contributed by atoms with Crippen LogP contribution in [-0.4, -0.2) is 22.4 Å². The van der Waals surface area contributed by atoms with Gasteiger partial charge in [0.2, 0.25) is 0 Å². The summed E-state index contributed by atoms with van der Waals surface area (Å²) in [5, 5.41) is 22.7. The van der Waals surface area contributed by atoms with E-state index in [-0.39, 0.29) is 16.7 Å². The summed E-state index contributed by atoms with van der Waals surface area (Å²) in [6.07, 6.45) is 15.5. The van der Waals surface area contributed by atoms with Crippen LogP contribution in [0.15, 0.2) is 47.6 Å². The summed E-state index contributed by atoms with van der Waals surface area (Å²) in [6.45, 7) is 15.5. The zero-order valence-corrected chi connectivity index (χ0v) is 19.1. The second kappa shape index (κ2) is 9.13. The predicted molar refractivity (Wildman–Crippen MR) is 120 cm³/mol. The van der Waals surface area contributed by atoms with E-state index >= 15 is 0 Å². The van der Waals surface area contributed by atoms with Crippen LogP contribution in [0.1, 0.15) is 74.1 Å². The molecule has 0 aromatic carbocycles. The Labute approximate surface area is 173 Å². The summed E-state index contributed by atoms with van der Waals surface area (Å²) >= 11 is 0. The van der Waals surface area contributed by atoms with Crippen molar-refractivity contribution in [1.82, 2.24) is 0 Å². The number of aliphatic hydroxyl groups is 2. The zero-order chi connectivity index (χ0) is 21.1. The number of aliphatic hydroxyl groups excluding tert-OH is 2. The van der Waals surface area contributed by atoms with Crippen molar-refractivity contribution in [1.29, 1.82) is 0 Å². The molecule has 4 unspecified atom stereocenters. The first kappa shape index (κ1) is 23.2. The number of hydrogen-bond donors (Lipinski definition) is 2. The Balaban J connectivity index is 2.73. The smallest absolute Gasteiger partial charge is 0.0817 e. The molecule has 2 heteroatoms. The largest absolute Gasteiger partial charge is 0.388 e. The van der Waals surface area contributed by atoms with Gasteiger partial charge in [0.15, 0.2) is 0 Å². The normalized spacial score (nSPS) is 34.0. The zero-order valence-electron chi connectivity index (χ0n) is 19.1. The molecule has 0 heterocycles. The van der Waals surface area contributed by atoms with Gasteiger partial charge in [-0.25, -0.2) is 0 Å². The minimum atomic E-state index is -0.522. The van der Waals surface area contributed by atoms with Crippen molar-refractivity contribution in [3.63, 3.8) is 0 Å². The van der Waals surface area contributed by atoms with Crippen LogP contribution in [0.3, 0.4) is 0 Å². The van der Waals surface area contributed by atoms with E-state index in [1.807, 2.05) is 24.3 Å². The number of rotatable bonds is 8. The van der Waals surface area contributed by atoms with Crippen LogP contribution in [0.5, 0.6) is 0 Å². The van der Waals surface area contributed by atoms with Crippen LogP contribution >= 0.6 is 0 Å². The Bertz CT molecular complexity index is 597. The quantitative estimate of drug-likeness (QED) is 0.520. The number of hydrogen-bond acceptors (Lipinski definition) is 2. The van der Waals surface area contributed by atoms with Gasteiger partial charge in [0.25, 0.3) is 0 Å². The second-order valence-corrected chi connectivity index (χ2v) is 10.1. The van der Waals surface area contributed by atoms with E-state index in [9.17, 15) is 10.2 Å². The Hall–Kier alpha value is -1.12. The maximum atomic E-state index is 11.4. The average molecular weight is 387 g/mol. The molecule has 4 atom stereocenters. The van der Waals surface area contributed by atoms with Crippen molar-refractivity contribution >= 4 is 0 Å². The molecule has 2 N–H and O–H groups in total. The third kappa shape index (κ3) is 4.54. The molecule has 0 saturated heterocycles. The molecule has 158 valence electrons. The van der Waals surface area contributed by atoms with Crippen LogP contribution in [0.4, 0.5) is 0 Å². The molecule has 0 amide bonds. The van der Waals surface area contributed by atoms with Crippen molar-refractivity contribution < 1.29 is 10.2 Å². The maximum Gasteiger partial charge on any atom is 0.0817 e. The van der Waals surface area contributed by atoms with Gasteiger partial charge in [-0.05, 0) is 50.9 Å². The Kier molecular flexibility index (Phi) is 7.56. The molecule has 2 rings (SSSR count). The fourth-order valence-electron chi connectivity index (χ4n) is 5.96. The molecule has 28 heavy (non-hydrogen) atoms. The van der Waals surface area contributed by atoms with Crippen molar-refractivity contribution in [2.75, 3.05) is 0 Å². The van der Waals surface area contributed by atoms with Crippen LogP contribution in [0.25, 0.3) is 0 Å². The fourth-order valence-corrected chi connectivity index (χ4v) is 5.96. The lowest BCUT2D eigenvalue weighted by Gasteiger charge is -2.55. The lowest BCUT2D eigenvalue weighted by molar-refractivity contribution is -0.0693. The van der Waals surface area contributed by atoms with Crippen LogP contribution < -0.4 is 0 Å². The van der Waals surface area contributed by atoms with E-state index in [0.717, 1.165) is 25.7 Å². The molecular formula is C26H42O2. The molecule has 0 fully saturated rings. The van der Waals surface area contributed by atoms with E-state index < -0.39 is 12.2 Å². The first-order valence-electron chi connectivity index (χ1n) is 11.2. The maximum absolute atomic E-state index is 11.4. The highest BCUT2D eigenvalue weighted by Crippen LogP contribution is 2.57. The first-order chi connectivity index (χ1) is 13.1. The van der Waals surface area contributed by atoms with Gasteiger partial charge in [-0.1, -0.05) is 88.6 Å². The summed E-state index contributed by atoms with van der Waals surface area (Å²) in [7, 11) is 0. The van der Waals surface area contributed by atoms with Gasteiger partial charge in [-0.15, -0.1) is 0 Å². The fraction of sp³-hybridized carbons (Fsp3) is 0.692. The first-order valence-corrected chi connectivity index (χ1v) is 11.2. The molecule has 0 saturated carbocycles. The van der Waals surface area contributed by atoms with E-state index in [1.54, 1.807) is 0 Å². The summed E-state index contributed by atoms with van der Waals surface area (Å²) in [6, 6.07) is 0. The Morgan fingerprint density at radius 2 is 1.21 bits per heavy atom. The molecule has 0 spiro atoms. The molecule has 2 aliphatic carbocycles. The molecule has 0 bridgehead atoms. The van der Waals surface area contributed by atoms with Gasteiger partial charge < -0.3 is 10.2 Å².